The van der Waals surface area contributed by atoms with Gasteiger partial charge in [-0.05, 0) is 25.2 Å². The number of ether oxygens (including phenoxy) is 1. The molecule has 1 aliphatic rings. The van der Waals surface area contributed by atoms with E-state index < -0.39 is 0 Å². The van der Waals surface area contributed by atoms with Gasteiger partial charge < -0.3 is 4.74 Å². The summed E-state index contributed by atoms with van der Waals surface area (Å²) >= 11 is 0. The average Bonchev–Trinajstić information content (AvgIpc) is 2.54. The minimum absolute atomic E-state index is 0.0237. The zero-order valence-corrected chi connectivity index (χ0v) is 8.59. The molecule has 0 aromatic heterocycles. The second-order valence-electron chi connectivity index (χ2n) is 3.14. The predicted octanol–water partition coefficient (Wildman–Crippen LogP) is 2.62. The number of carbonyl (C=O) groups is 1. The second-order valence-corrected chi connectivity index (χ2v) is 3.14. The van der Waals surface area contributed by atoms with Crippen molar-refractivity contribution in [3.05, 3.63) is 0 Å². The predicted molar refractivity (Wildman–Crippen MR) is 49.9 cm³/mol. The Morgan fingerprint density at radius 3 is 2.25 bits per heavy atom. The lowest BCUT2D eigenvalue weighted by Gasteiger charge is -2.04. The van der Waals surface area contributed by atoms with Crippen LogP contribution in [-0.4, -0.2) is 13.1 Å². The molecule has 2 atom stereocenters. The Balaban J connectivity index is 0.000000561. The summed E-state index contributed by atoms with van der Waals surface area (Å²) in [6.45, 7) is 6.18. The van der Waals surface area contributed by atoms with Crippen molar-refractivity contribution in [3.8, 4) is 0 Å². The topological polar surface area (TPSA) is 26.3 Å². The molecule has 1 rings (SSSR count). The van der Waals surface area contributed by atoms with Gasteiger partial charge in [0.2, 0.25) is 0 Å². The Labute approximate surface area is 75.3 Å². The third kappa shape index (κ3) is 3.24. The molecule has 1 saturated carbocycles. The second kappa shape index (κ2) is 6.04. The lowest BCUT2D eigenvalue weighted by molar-refractivity contribution is -0.145. The monoisotopic (exact) mass is 172 g/mol. The summed E-state index contributed by atoms with van der Waals surface area (Å²) in [6.07, 6.45) is 3.22. The van der Waals surface area contributed by atoms with E-state index in [1.807, 2.05) is 13.8 Å². The van der Waals surface area contributed by atoms with Crippen molar-refractivity contribution in [1.29, 1.82) is 0 Å². The quantitative estimate of drug-likeness (QED) is 0.568. The molecule has 0 heterocycles. The van der Waals surface area contributed by atoms with Crippen LogP contribution >= 0.6 is 0 Å². The fourth-order valence-electron chi connectivity index (χ4n) is 1.59. The third-order valence-corrected chi connectivity index (χ3v) is 2.23. The van der Waals surface area contributed by atoms with E-state index in [4.69, 9.17) is 0 Å². The van der Waals surface area contributed by atoms with E-state index in [0.29, 0.717) is 5.92 Å². The van der Waals surface area contributed by atoms with Gasteiger partial charge in [0.25, 0.3) is 0 Å². The van der Waals surface area contributed by atoms with Crippen molar-refractivity contribution >= 4 is 5.97 Å². The summed E-state index contributed by atoms with van der Waals surface area (Å²) in [5.41, 5.74) is 0. The summed E-state index contributed by atoms with van der Waals surface area (Å²) in [5, 5.41) is 0. The van der Waals surface area contributed by atoms with Crippen LogP contribution in [0.4, 0.5) is 0 Å². The van der Waals surface area contributed by atoms with Crippen LogP contribution in [-0.2, 0) is 9.53 Å². The maximum absolute atomic E-state index is 10.9. The first-order chi connectivity index (χ1) is 5.74. The molecule has 1 aliphatic carbocycles. The van der Waals surface area contributed by atoms with E-state index >= 15 is 0 Å². The van der Waals surface area contributed by atoms with Gasteiger partial charge in [-0.15, -0.1) is 0 Å². The van der Waals surface area contributed by atoms with Crippen LogP contribution in [0.15, 0.2) is 0 Å². The number of methoxy groups -OCH3 is 1. The molecule has 0 aromatic carbocycles. The number of carbonyl (C=O) groups excluding carboxylic acids is 1. The molecule has 0 amide bonds. The number of esters is 1. The van der Waals surface area contributed by atoms with E-state index in [-0.39, 0.29) is 11.9 Å². The van der Waals surface area contributed by atoms with Crippen LogP contribution in [0.25, 0.3) is 0 Å². The van der Waals surface area contributed by atoms with E-state index in [0.717, 1.165) is 12.8 Å². The molecular weight excluding hydrogens is 152 g/mol. The number of hydrogen-bond donors (Lipinski definition) is 0. The van der Waals surface area contributed by atoms with E-state index in [1.54, 1.807) is 0 Å². The summed E-state index contributed by atoms with van der Waals surface area (Å²) in [4.78, 5) is 10.9. The molecule has 72 valence electrons. The van der Waals surface area contributed by atoms with Crippen LogP contribution in [0.5, 0.6) is 0 Å². The van der Waals surface area contributed by atoms with Gasteiger partial charge in [0, 0.05) is 0 Å². The van der Waals surface area contributed by atoms with Gasteiger partial charge in [0.15, 0.2) is 0 Å². The molecule has 2 nitrogen and oxygen atoms in total. The van der Waals surface area contributed by atoms with Gasteiger partial charge in [-0.2, -0.15) is 0 Å². The molecule has 0 aliphatic heterocycles. The Kier molecular flexibility index (Phi) is 5.77. The average molecular weight is 172 g/mol. The molecule has 0 bridgehead atoms. The van der Waals surface area contributed by atoms with Gasteiger partial charge >= 0.3 is 5.97 Å². The Bertz CT molecular complexity index is 132. The summed E-state index contributed by atoms with van der Waals surface area (Å²) < 4.78 is 4.64. The number of hydrogen-bond acceptors (Lipinski definition) is 2. The highest BCUT2D eigenvalue weighted by Gasteiger charge is 2.27. The molecule has 0 saturated heterocycles. The maximum atomic E-state index is 10.9. The zero-order valence-electron chi connectivity index (χ0n) is 8.59. The van der Waals surface area contributed by atoms with Crippen molar-refractivity contribution in [1.82, 2.24) is 0 Å². The number of rotatable bonds is 1. The highest BCUT2D eigenvalue weighted by atomic mass is 16.5. The van der Waals surface area contributed by atoms with Crippen molar-refractivity contribution in [2.75, 3.05) is 7.11 Å². The highest BCUT2D eigenvalue weighted by Crippen LogP contribution is 2.30. The van der Waals surface area contributed by atoms with Gasteiger partial charge in [-0.3, -0.25) is 4.79 Å². The normalized spacial score (nSPS) is 27.3. The molecule has 0 N–H and O–H groups in total. The first kappa shape index (κ1) is 11.5. The van der Waals surface area contributed by atoms with Gasteiger partial charge in [-0.1, -0.05) is 20.8 Å². The molecule has 0 spiro atoms. The van der Waals surface area contributed by atoms with Crippen LogP contribution in [0, 0.1) is 11.8 Å². The Morgan fingerprint density at radius 2 is 1.92 bits per heavy atom. The van der Waals surface area contributed by atoms with Gasteiger partial charge in [-0.25, -0.2) is 0 Å². The smallest absolute Gasteiger partial charge is 0.308 e. The fraction of sp³-hybridized carbons (Fsp3) is 0.900. The summed E-state index contributed by atoms with van der Waals surface area (Å²) in [6, 6.07) is 0. The van der Waals surface area contributed by atoms with E-state index in [2.05, 4.69) is 11.7 Å². The minimum atomic E-state index is -0.0237. The summed E-state index contributed by atoms with van der Waals surface area (Å²) in [5.74, 6) is 0.883. The standard InChI is InChI=1S/C8H14O2.C2H6/c1-6-3-4-7(5-6)8(9)10-2;1-2/h6-7H,3-5H2,1-2H3;1-2H3/t6?,7-;/m1./s1. The van der Waals surface area contributed by atoms with Crippen LogP contribution in [0.2, 0.25) is 0 Å². The minimum Gasteiger partial charge on any atom is -0.469 e. The largest absolute Gasteiger partial charge is 0.469 e. The lowest BCUT2D eigenvalue weighted by atomic mass is 10.1. The van der Waals surface area contributed by atoms with Crippen LogP contribution < -0.4 is 0 Å². The van der Waals surface area contributed by atoms with Gasteiger partial charge in [0.1, 0.15) is 0 Å². The zero-order chi connectivity index (χ0) is 9.56. The maximum Gasteiger partial charge on any atom is 0.308 e. The molecular formula is C10H20O2. The fourth-order valence-corrected chi connectivity index (χ4v) is 1.59. The molecule has 1 fully saturated rings. The first-order valence-electron chi connectivity index (χ1n) is 4.82. The molecule has 12 heavy (non-hydrogen) atoms. The van der Waals surface area contributed by atoms with Crippen molar-refractivity contribution in [3.63, 3.8) is 0 Å². The van der Waals surface area contributed by atoms with Gasteiger partial charge in [0.05, 0.1) is 13.0 Å². The molecule has 0 radical (unpaired) electrons. The molecule has 0 aromatic rings. The lowest BCUT2D eigenvalue weighted by Crippen LogP contribution is -2.12. The Morgan fingerprint density at radius 1 is 1.33 bits per heavy atom. The van der Waals surface area contributed by atoms with E-state index in [9.17, 15) is 4.79 Å². The van der Waals surface area contributed by atoms with E-state index in [1.165, 1.54) is 13.5 Å². The highest BCUT2D eigenvalue weighted by molar-refractivity contribution is 5.72. The van der Waals surface area contributed by atoms with Crippen molar-refractivity contribution < 1.29 is 9.53 Å². The van der Waals surface area contributed by atoms with Crippen LogP contribution in [0.1, 0.15) is 40.0 Å². The molecule has 2 heteroatoms. The third-order valence-electron chi connectivity index (χ3n) is 2.23. The van der Waals surface area contributed by atoms with Crippen molar-refractivity contribution in [2.24, 2.45) is 11.8 Å². The van der Waals surface area contributed by atoms with Crippen molar-refractivity contribution in [2.45, 2.75) is 40.0 Å². The SMILES string of the molecule is CC.COC(=O)[C@@H]1CCC(C)C1. The first-order valence-corrected chi connectivity index (χ1v) is 4.82. The van der Waals surface area contributed by atoms with Crippen LogP contribution in [0.3, 0.4) is 0 Å². The molecule has 1 unspecified atom stereocenters. The Hall–Kier alpha value is -0.530. The summed E-state index contributed by atoms with van der Waals surface area (Å²) in [7, 11) is 1.46.